The molecule has 0 saturated carbocycles. The first kappa shape index (κ1) is 25.5. The fourth-order valence-corrected chi connectivity index (χ4v) is 5.26. The Hall–Kier alpha value is -2.75. The van der Waals surface area contributed by atoms with Crippen molar-refractivity contribution >= 4 is 23.3 Å². The average Bonchev–Trinajstić information content (AvgIpc) is 3.22. The van der Waals surface area contributed by atoms with Gasteiger partial charge in [-0.3, -0.25) is 0 Å². The number of carboxylic acid groups (broad SMARTS) is 2. The van der Waals surface area contributed by atoms with E-state index in [-0.39, 0.29) is 5.75 Å². The molecule has 0 radical (unpaired) electrons. The Kier molecular flexibility index (Phi) is 7.82. The maximum Gasteiger partial charge on any atom is 0.328 e. The van der Waals surface area contributed by atoms with Crippen LogP contribution in [0.5, 0.6) is 5.75 Å². The number of aliphatic carboxylic acids is 2. The van der Waals surface area contributed by atoms with Crippen molar-refractivity contribution in [1.29, 1.82) is 0 Å². The van der Waals surface area contributed by atoms with E-state index in [0.29, 0.717) is 24.1 Å². The van der Waals surface area contributed by atoms with Crippen molar-refractivity contribution < 1.29 is 34.0 Å². The molecule has 3 rings (SSSR count). The van der Waals surface area contributed by atoms with E-state index in [1.165, 1.54) is 18.1 Å². The van der Waals surface area contributed by atoms with E-state index < -0.39 is 28.8 Å². The van der Waals surface area contributed by atoms with Crippen molar-refractivity contribution in [2.24, 2.45) is 5.41 Å². The summed E-state index contributed by atoms with van der Waals surface area (Å²) in [6.07, 6.45) is 1.79. The third-order valence-corrected chi connectivity index (χ3v) is 6.41. The van der Waals surface area contributed by atoms with Crippen molar-refractivity contribution in [3.05, 3.63) is 63.1 Å². The van der Waals surface area contributed by atoms with Crippen LogP contribution in [0.3, 0.4) is 0 Å². The molecule has 0 spiro atoms. The summed E-state index contributed by atoms with van der Waals surface area (Å²) in [6.45, 7) is 4.86. The standard InChI is InChI=1S/C19H24FNO2S.C4H4O4/c1-18(2)10-12-6-8-14(20)17(23-5)16(12)19(18,22)15-9-7-13(24-15)11-21(3)4;5-3(6)1-2-4(7)8/h6-9,22H,10-11H2,1-5H3;1-2H,(H,5,6)(H,7,8)/b;2-1+. The van der Waals surface area contributed by atoms with Crippen LogP contribution in [0.1, 0.15) is 34.7 Å². The maximum absolute atomic E-state index is 14.3. The number of benzene rings is 1. The fourth-order valence-electron chi connectivity index (χ4n) is 3.85. The summed E-state index contributed by atoms with van der Waals surface area (Å²) in [5.41, 5.74) is -0.182. The van der Waals surface area contributed by atoms with E-state index in [9.17, 15) is 19.1 Å². The molecule has 0 bridgehead atoms. The van der Waals surface area contributed by atoms with E-state index in [1.54, 1.807) is 17.4 Å². The molecule has 1 heterocycles. The Morgan fingerprint density at radius 2 is 1.75 bits per heavy atom. The topological polar surface area (TPSA) is 107 Å². The summed E-state index contributed by atoms with van der Waals surface area (Å²) < 4.78 is 19.6. The summed E-state index contributed by atoms with van der Waals surface area (Å²) in [5.74, 6) is -2.79. The quantitative estimate of drug-likeness (QED) is 0.561. The molecule has 32 heavy (non-hydrogen) atoms. The minimum Gasteiger partial charge on any atom is -0.493 e. The average molecular weight is 466 g/mol. The van der Waals surface area contributed by atoms with Gasteiger partial charge in [0.05, 0.1) is 7.11 Å². The number of carbonyl (C=O) groups is 2. The number of rotatable bonds is 6. The van der Waals surface area contributed by atoms with Crippen LogP contribution in [0, 0.1) is 11.2 Å². The van der Waals surface area contributed by atoms with Gasteiger partial charge in [-0.25, -0.2) is 14.0 Å². The van der Waals surface area contributed by atoms with Crippen molar-refractivity contribution in [2.45, 2.75) is 32.4 Å². The molecular weight excluding hydrogens is 437 g/mol. The number of hydrogen-bond acceptors (Lipinski definition) is 6. The lowest BCUT2D eigenvalue weighted by Gasteiger charge is -2.37. The summed E-state index contributed by atoms with van der Waals surface area (Å²) in [4.78, 5) is 23.2. The lowest BCUT2D eigenvalue weighted by Crippen LogP contribution is -2.39. The molecule has 3 N–H and O–H groups in total. The van der Waals surface area contributed by atoms with Gasteiger partial charge >= 0.3 is 11.9 Å². The Morgan fingerprint density at radius 3 is 2.25 bits per heavy atom. The molecule has 174 valence electrons. The molecule has 1 aromatic heterocycles. The Balaban J connectivity index is 0.000000390. The lowest BCUT2D eigenvalue weighted by molar-refractivity contribution is -0.134. The maximum atomic E-state index is 14.3. The van der Waals surface area contributed by atoms with Crippen LogP contribution in [0.15, 0.2) is 36.4 Å². The second-order valence-corrected chi connectivity index (χ2v) is 9.57. The number of halogens is 1. The van der Waals surface area contributed by atoms with E-state index >= 15 is 0 Å². The van der Waals surface area contributed by atoms with Crippen molar-refractivity contribution in [3.63, 3.8) is 0 Å². The Morgan fingerprint density at radius 1 is 1.16 bits per heavy atom. The van der Waals surface area contributed by atoms with Crippen LogP contribution in [0.25, 0.3) is 0 Å². The summed E-state index contributed by atoms with van der Waals surface area (Å²) >= 11 is 1.58. The second-order valence-electron chi connectivity index (χ2n) is 8.40. The molecule has 1 aromatic carbocycles. The predicted molar refractivity (Wildman–Crippen MR) is 120 cm³/mol. The van der Waals surface area contributed by atoms with E-state index in [0.717, 1.165) is 17.0 Å². The first-order chi connectivity index (χ1) is 14.8. The van der Waals surface area contributed by atoms with Crippen LogP contribution >= 0.6 is 11.3 Å². The molecule has 1 unspecified atom stereocenters. The van der Waals surface area contributed by atoms with Gasteiger partial charge in [0, 0.05) is 39.4 Å². The third kappa shape index (κ3) is 5.17. The van der Waals surface area contributed by atoms with Gasteiger partial charge in [0.2, 0.25) is 0 Å². The van der Waals surface area contributed by atoms with Crippen LogP contribution in [0.2, 0.25) is 0 Å². The highest BCUT2D eigenvalue weighted by molar-refractivity contribution is 7.12. The van der Waals surface area contributed by atoms with Crippen LogP contribution in [-0.4, -0.2) is 53.4 Å². The largest absolute Gasteiger partial charge is 0.493 e. The van der Waals surface area contributed by atoms with Crippen molar-refractivity contribution in [1.82, 2.24) is 4.90 Å². The van der Waals surface area contributed by atoms with Gasteiger partial charge in [-0.2, -0.15) is 0 Å². The molecule has 1 atom stereocenters. The zero-order valence-corrected chi connectivity index (χ0v) is 19.5. The summed E-state index contributed by atoms with van der Waals surface area (Å²) in [5, 5.41) is 27.4. The SMILES string of the molecule is COc1c(F)ccc2c1C(O)(c1ccc(CN(C)C)s1)C(C)(C)C2.O=C(O)/C=C/C(=O)O. The highest BCUT2D eigenvalue weighted by Crippen LogP contribution is 2.58. The molecule has 0 aliphatic heterocycles. The number of carboxylic acids is 2. The molecule has 9 heteroatoms. The Bertz CT molecular complexity index is 1010. The first-order valence-electron chi connectivity index (χ1n) is 9.79. The minimum atomic E-state index is -1.26. The number of ether oxygens (including phenoxy) is 1. The molecule has 0 saturated heterocycles. The highest BCUT2D eigenvalue weighted by Gasteiger charge is 2.55. The van der Waals surface area contributed by atoms with Gasteiger partial charge in [-0.1, -0.05) is 19.9 Å². The van der Waals surface area contributed by atoms with Crippen LogP contribution < -0.4 is 4.74 Å². The number of nitrogens with zero attached hydrogens (tertiary/aromatic N) is 1. The van der Waals surface area contributed by atoms with Gasteiger partial charge in [0.25, 0.3) is 0 Å². The monoisotopic (exact) mass is 465 g/mol. The number of methoxy groups -OCH3 is 1. The molecular formula is C23H28FNO6S. The highest BCUT2D eigenvalue weighted by atomic mass is 32.1. The number of aliphatic hydroxyl groups is 1. The third-order valence-electron chi connectivity index (χ3n) is 5.23. The smallest absolute Gasteiger partial charge is 0.328 e. The van der Waals surface area contributed by atoms with Gasteiger partial charge in [-0.05, 0) is 44.3 Å². The number of hydrogen-bond donors (Lipinski definition) is 3. The predicted octanol–water partition coefficient (Wildman–Crippen LogP) is 3.49. The van der Waals surface area contributed by atoms with E-state index in [4.69, 9.17) is 14.9 Å². The zero-order valence-electron chi connectivity index (χ0n) is 18.7. The summed E-state index contributed by atoms with van der Waals surface area (Å²) in [6, 6.07) is 7.19. The Labute approximate surface area is 190 Å². The van der Waals surface area contributed by atoms with E-state index in [1.807, 2.05) is 40.1 Å². The molecule has 1 aliphatic carbocycles. The zero-order chi connectivity index (χ0) is 24.3. The molecule has 0 fully saturated rings. The normalized spacial score (nSPS) is 18.9. The lowest BCUT2D eigenvalue weighted by atomic mass is 9.74. The minimum absolute atomic E-state index is 0.156. The van der Waals surface area contributed by atoms with Crippen LogP contribution in [-0.2, 0) is 28.2 Å². The van der Waals surface area contributed by atoms with Gasteiger partial charge < -0.3 is 25.0 Å². The van der Waals surface area contributed by atoms with Gasteiger partial charge in [-0.15, -0.1) is 11.3 Å². The molecule has 1 aliphatic rings. The van der Waals surface area contributed by atoms with Crippen LogP contribution in [0.4, 0.5) is 4.39 Å². The van der Waals surface area contributed by atoms with Gasteiger partial charge in [0.1, 0.15) is 5.60 Å². The van der Waals surface area contributed by atoms with Crippen molar-refractivity contribution in [3.8, 4) is 5.75 Å². The van der Waals surface area contributed by atoms with E-state index in [2.05, 4.69) is 4.90 Å². The summed E-state index contributed by atoms with van der Waals surface area (Å²) in [7, 11) is 5.49. The molecule has 2 aromatic rings. The number of thiophene rings is 1. The molecule has 0 amide bonds. The first-order valence-corrected chi connectivity index (χ1v) is 10.6. The van der Waals surface area contributed by atoms with Crippen molar-refractivity contribution in [2.75, 3.05) is 21.2 Å². The van der Waals surface area contributed by atoms with Gasteiger partial charge in [0.15, 0.2) is 11.6 Å². The molecule has 7 nitrogen and oxygen atoms in total. The number of fused-ring (bicyclic) bond motifs is 1. The fraction of sp³-hybridized carbons (Fsp3) is 0.391. The second kappa shape index (κ2) is 9.81.